The first-order valence-electron chi connectivity index (χ1n) is 4.26. The van der Waals surface area contributed by atoms with E-state index in [4.69, 9.17) is 5.26 Å². The van der Waals surface area contributed by atoms with Crippen LogP contribution in [0.2, 0.25) is 0 Å². The summed E-state index contributed by atoms with van der Waals surface area (Å²) in [5.74, 6) is -2.12. The standard InChI is InChI=1S/C11H9F2NO/c1-15-9-6-5-8(4-2-3-7-14)10(12)11(9)13/h2,4-6H,3H2,1H3. The molecule has 0 aliphatic heterocycles. The number of halogens is 2. The number of hydrogen-bond donors (Lipinski definition) is 0. The van der Waals surface area contributed by atoms with Crippen molar-refractivity contribution >= 4 is 6.08 Å². The minimum atomic E-state index is -1.02. The molecule has 0 spiro atoms. The van der Waals surface area contributed by atoms with Crippen molar-refractivity contribution in [2.24, 2.45) is 0 Å². The van der Waals surface area contributed by atoms with Crippen LogP contribution in [-0.2, 0) is 0 Å². The molecule has 4 heteroatoms. The number of allylic oxidation sites excluding steroid dienone is 1. The summed E-state index contributed by atoms with van der Waals surface area (Å²) < 4.78 is 31.1. The van der Waals surface area contributed by atoms with Crippen LogP contribution in [0.25, 0.3) is 6.08 Å². The van der Waals surface area contributed by atoms with E-state index >= 15 is 0 Å². The number of nitriles is 1. The van der Waals surface area contributed by atoms with Gasteiger partial charge in [0.1, 0.15) is 0 Å². The molecule has 0 saturated carbocycles. The highest BCUT2D eigenvalue weighted by Gasteiger charge is 2.11. The molecule has 0 amide bonds. The smallest absolute Gasteiger partial charge is 0.201 e. The maximum atomic E-state index is 13.3. The van der Waals surface area contributed by atoms with Crippen molar-refractivity contribution in [3.63, 3.8) is 0 Å². The molecule has 0 fully saturated rings. The largest absolute Gasteiger partial charge is 0.494 e. The van der Waals surface area contributed by atoms with Gasteiger partial charge in [0.05, 0.1) is 19.6 Å². The molecule has 0 saturated heterocycles. The van der Waals surface area contributed by atoms with Gasteiger partial charge in [0.2, 0.25) is 5.82 Å². The molecule has 0 bridgehead atoms. The molecule has 1 aromatic rings. The molecule has 2 nitrogen and oxygen atoms in total. The van der Waals surface area contributed by atoms with Crippen LogP contribution in [0.1, 0.15) is 12.0 Å². The number of nitrogens with zero attached hydrogens (tertiary/aromatic N) is 1. The van der Waals surface area contributed by atoms with Gasteiger partial charge in [0, 0.05) is 5.56 Å². The van der Waals surface area contributed by atoms with Crippen LogP contribution in [0.4, 0.5) is 8.78 Å². The lowest BCUT2D eigenvalue weighted by molar-refractivity contribution is 0.371. The van der Waals surface area contributed by atoms with Gasteiger partial charge >= 0.3 is 0 Å². The molecule has 15 heavy (non-hydrogen) atoms. The van der Waals surface area contributed by atoms with Crippen LogP contribution in [0.5, 0.6) is 5.75 Å². The second-order valence-electron chi connectivity index (χ2n) is 2.75. The van der Waals surface area contributed by atoms with E-state index in [0.717, 1.165) is 0 Å². The third kappa shape index (κ3) is 2.53. The second-order valence-corrected chi connectivity index (χ2v) is 2.75. The van der Waals surface area contributed by atoms with Crippen LogP contribution < -0.4 is 4.74 Å². The summed E-state index contributed by atoms with van der Waals surface area (Å²) in [7, 11) is 1.27. The highest BCUT2D eigenvalue weighted by Crippen LogP contribution is 2.23. The molecule has 0 aliphatic rings. The Morgan fingerprint density at radius 2 is 2.13 bits per heavy atom. The van der Waals surface area contributed by atoms with Crippen LogP contribution >= 0.6 is 0 Å². The summed E-state index contributed by atoms with van der Waals surface area (Å²) in [5.41, 5.74) is 0.101. The van der Waals surface area contributed by atoms with Crippen molar-refractivity contribution in [2.45, 2.75) is 6.42 Å². The molecule has 78 valence electrons. The lowest BCUT2D eigenvalue weighted by atomic mass is 10.1. The molecular weight excluding hydrogens is 200 g/mol. The van der Waals surface area contributed by atoms with Crippen molar-refractivity contribution in [3.05, 3.63) is 35.4 Å². The molecule has 0 aliphatic carbocycles. The van der Waals surface area contributed by atoms with Crippen molar-refractivity contribution in [1.82, 2.24) is 0 Å². The average molecular weight is 209 g/mol. The quantitative estimate of drug-likeness (QED) is 0.766. The Bertz CT molecular complexity index is 421. The minimum Gasteiger partial charge on any atom is -0.494 e. The van der Waals surface area contributed by atoms with E-state index in [1.165, 1.54) is 31.4 Å². The SMILES string of the molecule is COc1ccc(C=CCC#N)c(F)c1F. The van der Waals surface area contributed by atoms with Gasteiger partial charge in [-0.05, 0) is 12.1 Å². The van der Waals surface area contributed by atoms with E-state index in [1.54, 1.807) is 0 Å². The van der Waals surface area contributed by atoms with Gasteiger partial charge < -0.3 is 4.74 Å². The Kier molecular flexibility index (Phi) is 3.81. The van der Waals surface area contributed by atoms with Gasteiger partial charge in [0.15, 0.2) is 11.6 Å². The van der Waals surface area contributed by atoms with Crippen molar-refractivity contribution in [1.29, 1.82) is 5.26 Å². The van der Waals surface area contributed by atoms with E-state index < -0.39 is 11.6 Å². The van der Waals surface area contributed by atoms with Crippen LogP contribution in [0.15, 0.2) is 18.2 Å². The molecule has 0 radical (unpaired) electrons. The minimum absolute atomic E-state index is 0.101. The van der Waals surface area contributed by atoms with E-state index in [9.17, 15) is 8.78 Å². The summed E-state index contributed by atoms with van der Waals surface area (Å²) in [6.07, 6.45) is 2.98. The summed E-state index contributed by atoms with van der Waals surface area (Å²) in [6, 6.07) is 4.60. The number of benzene rings is 1. The summed E-state index contributed by atoms with van der Waals surface area (Å²) >= 11 is 0. The van der Waals surface area contributed by atoms with Gasteiger partial charge in [-0.25, -0.2) is 4.39 Å². The third-order valence-corrected chi connectivity index (χ3v) is 1.80. The molecular formula is C11H9F2NO. The molecule has 0 heterocycles. The number of ether oxygens (including phenoxy) is 1. The normalized spacial score (nSPS) is 10.3. The second kappa shape index (κ2) is 5.11. The molecule has 0 N–H and O–H groups in total. The molecule has 0 atom stereocenters. The molecule has 1 rings (SSSR count). The van der Waals surface area contributed by atoms with Gasteiger partial charge in [-0.15, -0.1) is 0 Å². The zero-order chi connectivity index (χ0) is 11.3. The summed E-state index contributed by atoms with van der Waals surface area (Å²) in [6.45, 7) is 0. The fraction of sp³-hybridized carbons (Fsp3) is 0.182. The maximum Gasteiger partial charge on any atom is 0.201 e. The topological polar surface area (TPSA) is 33.0 Å². The lowest BCUT2D eigenvalue weighted by Crippen LogP contribution is -1.94. The van der Waals surface area contributed by atoms with Crippen LogP contribution in [0.3, 0.4) is 0 Å². The van der Waals surface area contributed by atoms with E-state index in [2.05, 4.69) is 4.74 Å². The highest BCUT2D eigenvalue weighted by molar-refractivity contribution is 5.52. The van der Waals surface area contributed by atoms with Crippen molar-refractivity contribution < 1.29 is 13.5 Å². The third-order valence-electron chi connectivity index (χ3n) is 1.80. The average Bonchev–Trinajstić information content (AvgIpc) is 2.25. The van der Waals surface area contributed by atoms with Gasteiger partial charge in [-0.2, -0.15) is 9.65 Å². The Labute approximate surface area is 86.4 Å². The lowest BCUT2D eigenvalue weighted by Gasteiger charge is -2.04. The molecule has 1 aromatic carbocycles. The zero-order valence-electron chi connectivity index (χ0n) is 8.13. The maximum absolute atomic E-state index is 13.3. The van der Waals surface area contributed by atoms with Gasteiger partial charge in [0.25, 0.3) is 0 Å². The monoisotopic (exact) mass is 209 g/mol. The number of methoxy groups -OCH3 is 1. The number of rotatable bonds is 3. The first kappa shape index (κ1) is 11.2. The van der Waals surface area contributed by atoms with Gasteiger partial charge in [-0.3, -0.25) is 0 Å². The molecule has 0 unspecified atom stereocenters. The predicted octanol–water partition coefficient (Wildman–Crippen LogP) is 2.90. The fourth-order valence-corrected chi connectivity index (χ4v) is 1.07. The zero-order valence-corrected chi connectivity index (χ0v) is 8.13. The fourth-order valence-electron chi connectivity index (χ4n) is 1.07. The van der Waals surface area contributed by atoms with E-state index in [-0.39, 0.29) is 17.7 Å². The van der Waals surface area contributed by atoms with Crippen molar-refractivity contribution in [3.8, 4) is 11.8 Å². The first-order chi connectivity index (χ1) is 7.20. The first-order valence-corrected chi connectivity index (χ1v) is 4.26. The van der Waals surface area contributed by atoms with Gasteiger partial charge in [-0.1, -0.05) is 12.2 Å². The van der Waals surface area contributed by atoms with E-state index in [0.29, 0.717) is 0 Å². The molecule has 0 aromatic heterocycles. The Balaban J connectivity index is 3.02. The van der Waals surface area contributed by atoms with Crippen LogP contribution in [-0.4, -0.2) is 7.11 Å². The van der Waals surface area contributed by atoms with Crippen LogP contribution in [0, 0.1) is 23.0 Å². The number of hydrogen-bond acceptors (Lipinski definition) is 2. The summed E-state index contributed by atoms with van der Waals surface area (Å²) in [5, 5.41) is 8.26. The van der Waals surface area contributed by atoms with E-state index in [1.807, 2.05) is 6.07 Å². The summed E-state index contributed by atoms with van der Waals surface area (Å²) in [4.78, 5) is 0. The Morgan fingerprint density at radius 3 is 2.73 bits per heavy atom. The van der Waals surface area contributed by atoms with Crippen molar-refractivity contribution in [2.75, 3.05) is 7.11 Å². The predicted molar refractivity (Wildman–Crippen MR) is 52.2 cm³/mol. The highest BCUT2D eigenvalue weighted by atomic mass is 19.2. The Hall–Kier alpha value is -1.89. The Morgan fingerprint density at radius 1 is 1.40 bits per heavy atom.